The van der Waals surface area contributed by atoms with E-state index in [1.54, 1.807) is 11.3 Å². The van der Waals surface area contributed by atoms with Crippen LogP contribution in [0.4, 0.5) is 0 Å². The molecule has 7 atom stereocenters. The van der Waals surface area contributed by atoms with Crippen LogP contribution < -0.4 is 0 Å². The van der Waals surface area contributed by atoms with E-state index in [-0.39, 0.29) is 24.4 Å². The molecule has 0 radical (unpaired) electrons. The Kier molecular flexibility index (Phi) is 10.8. The van der Waals surface area contributed by atoms with E-state index in [0.29, 0.717) is 30.1 Å². The Labute approximate surface area is 205 Å². The van der Waals surface area contributed by atoms with Crippen LogP contribution in [-0.2, 0) is 9.53 Å². The van der Waals surface area contributed by atoms with Gasteiger partial charge in [0.25, 0.3) is 0 Å². The molecular formula is C28H45NO3S. The maximum atomic E-state index is 12.8. The Morgan fingerprint density at radius 2 is 1.79 bits per heavy atom. The van der Waals surface area contributed by atoms with Gasteiger partial charge in [-0.25, -0.2) is 4.98 Å². The molecular weight excluding hydrogens is 430 g/mol. The largest absolute Gasteiger partial charge is 0.457 e. The van der Waals surface area contributed by atoms with Crippen LogP contribution >= 0.6 is 11.3 Å². The highest BCUT2D eigenvalue weighted by Gasteiger charge is 2.32. The number of carbonyl (C=O) groups is 1. The lowest BCUT2D eigenvalue weighted by atomic mass is 9.71. The molecule has 0 fully saturated rings. The topological polar surface area (TPSA) is 59.4 Å². The number of hydrogen-bond donors (Lipinski definition) is 1. The molecule has 1 aromatic rings. The van der Waals surface area contributed by atoms with Gasteiger partial charge in [-0.2, -0.15) is 0 Å². The average Bonchev–Trinajstić information content (AvgIpc) is 3.17. The van der Waals surface area contributed by atoms with E-state index < -0.39 is 6.10 Å². The monoisotopic (exact) mass is 475 g/mol. The van der Waals surface area contributed by atoms with Crippen LogP contribution in [-0.4, -0.2) is 28.3 Å². The van der Waals surface area contributed by atoms with E-state index in [9.17, 15) is 9.90 Å². The zero-order chi connectivity index (χ0) is 24.7. The standard InChI is InChI=1S/C28H45NO3S/c1-17-10-9-11-18(2)20(4)21(5)22(6)23(7)26(30)15-28(31)32-27(13-12-17)19(3)14-25-16-33-24(8)29-25/h12,14,16,18,20-23,26-27,30H,9-11,13,15H2,1-8H3/b17-12-,19-14+/t18-,20-,21+,22+,23-,26?,27-/m0/s1. The third kappa shape index (κ3) is 8.36. The first-order valence-corrected chi connectivity index (χ1v) is 13.5. The van der Waals surface area contributed by atoms with Gasteiger partial charge in [0, 0.05) is 11.8 Å². The molecule has 0 bridgehead atoms. The van der Waals surface area contributed by atoms with Crippen LogP contribution in [0.25, 0.3) is 6.08 Å². The number of thiazole rings is 1. The van der Waals surface area contributed by atoms with Gasteiger partial charge in [0.1, 0.15) is 6.10 Å². The number of aryl methyl sites for hydroxylation is 1. The summed E-state index contributed by atoms with van der Waals surface area (Å²) < 4.78 is 5.92. The molecule has 1 aliphatic rings. The molecule has 1 aliphatic heterocycles. The lowest BCUT2D eigenvalue weighted by Gasteiger charge is -2.35. The van der Waals surface area contributed by atoms with Crippen LogP contribution in [0.2, 0.25) is 0 Å². The number of cyclic esters (lactones) is 1. The number of allylic oxidation sites excluding steroid dienone is 1. The fraction of sp³-hybridized carbons (Fsp3) is 0.714. The Bertz CT molecular complexity index is 827. The zero-order valence-electron chi connectivity index (χ0n) is 21.9. The molecule has 1 N–H and O–H groups in total. The molecule has 0 saturated carbocycles. The zero-order valence-corrected chi connectivity index (χ0v) is 22.7. The quantitative estimate of drug-likeness (QED) is 0.362. The summed E-state index contributed by atoms with van der Waals surface area (Å²) in [5, 5.41) is 13.9. The van der Waals surface area contributed by atoms with E-state index in [2.05, 4.69) is 52.6 Å². The van der Waals surface area contributed by atoms with Crippen LogP contribution in [0.3, 0.4) is 0 Å². The second kappa shape index (κ2) is 12.9. The molecule has 186 valence electrons. The third-order valence-corrected chi connectivity index (χ3v) is 8.86. The first-order chi connectivity index (χ1) is 15.5. The Balaban J connectivity index is 2.26. The number of aromatic nitrogens is 1. The maximum absolute atomic E-state index is 12.8. The molecule has 0 spiro atoms. The first-order valence-electron chi connectivity index (χ1n) is 12.6. The van der Waals surface area contributed by atoms with Gasteiger partial charge in [0.05, 0.1) is 23.2 Å². The van der Waals surface area contributed by atoms with Crippen LogP contribution in [0, 0.1) is 36.5 Å². The average molecular weight is 476 g/mol. The van der Waals surface area contributed by atoms with Gasteiger partial charge in [0.15, 0.2) is 0 Å². The minimum absolute atomic E-state index is 0.0322. The van der Waals surface area contributed by atoms with Crippen molar-refractivity contribution in [1.82, 2.24) is 4.98 Å². The van der Waals surface area contributed by atoms with Crippen LogP contribution in [0.1, 0.15) is 91.3 Å². The third-order valence-electron chi connectivity index (χ3n) is 8.07. The Hall–Kier alpha value is -1.46. The van der Waals surface area contributed by atoms with E-state index in [0.717, 1.165) is 22.7 Å². The van der Waals surface area contributed by atoms with Crippen molar-refractivity contribution >= 4 is 23.4 Å². The minimum atomic E-state index is -0.700. The van der Waals surface area contributed by atoms with Gasteiger partial charge in [-0.05, 0) is 74.9 Å². The maximum Gasteiger partial charge on any atom is 0.309 e. The van der Waals surface area contributed by atoms with Gasteiger partial charge in [0.2, 0.25) is 0 Å². The van der Waals surface area contributed by atoms with Crippen molar-refractivity contribution in [1.29, 1.82) is 0 Å². The number of rotatable bonds is 2. The molecule has 0 aliphatic carbocycles. The number of ether oxygens (including phenoxy) is 1. The summed E-state index contributed by atoms with van der Waals surface area (Å²) in [7, 11) is 0. The predicted octanol–water partition coefficient (Wildman–Crippen LogP) is 7.22. The molecule has 33 heavy (non-hydrogen) atoms. The van der Waals surface area contributed by atoms with Crippen molar-refractivity contribution in [3.63, 3.8) is 0 Å². The van der Waals surface area contributed by atoms with E-state index in [4.69, 9.17) is 4.74 Å². The summed E-state index contributed by atoms with van der Waals surface area (Å²) in [5.74, 6) is 1.71. The van der Waals surface area contributed by atoms with Crippen molar-refractivity contribution in [3.05, 3.63) is 33.3 Å². The van der Waals surface area contributed by atoms with Gasteiger partial charge < -0.3 is 9.84 Å². The highest BCUT2D eigenvalue weighted by Crippen LogP contribution is 2.35. The molecule has 0 amide bonds. The van der Waals surface area contributed by atoms with Crippen molar-refractivity contribution in [2.75, 3.05) is 0 Å². The van der Waals surface area contributed by atoms with E-state index in [1.165, 1.54) is 18.4 Å². The SMILES string of the molecule is C/C1=C/C[C@@H](/C(C)=C/c2csc(C)n2)OC(=O)CC(O)[C@@H](C)[C@H](C)[C@H](C)[C@@H](C)[C@@H](C)CCC1. The molecule has 0 saturated heterocycles. The van der Waals surface area contributed by atoms with Crippen molar-refractivity contribution in [2.24, 2.45) is 29.6 Å². The van der Waals surface area contributed by atoms with Crippen molar-refractivity contribution < 1.29 is 14.6 Å². The highest BCUT2D eigenvalue weighted by atomic mass is 32.1. The van der Waals surface area contributed by atoms with Crippen molar-refractivity contribution in [3.8, 4) is 0 Å². The number of hydrogen-bond acceptors (Lipinski definition) is 5. The number of carbonyl (C=O) groups excluding carboxylic acids is 1. The van der Waals surface area contributed by atoms with Gasteiger partial charge >= 0.3 is 5.97 Å². The van der Waals surface area contributed by atoms with Gasteiger partial charge in [-0.1, -0.05) is 52.7 Å². The predicted molar refractivity (Wildman–Crippen MR) is 139 cm³/mol. The summed E-state index contributed by atoms with van der Waals surface area (Å²) in [5.41, 5.74) is 3.22. The molecule has 2 rings (SSSR count). The van der Waals surface area contributed by atoms with Crippen LogP contribution in [0.5, 0.6) is 0 Å². The Morgan fingerprint density at radius 3 is 2.42 bits per heavy atom. The molecule has 0 aromatic carbocycles. The second-order valence-electron chi connectivity index (χ2n) is 10.5. The number of esters is 1. The summed E-state index contributed by atoms with van der Waals surface area (Å²) >= 11 is 1.61. The second-order valence-corrected chi connectivity index (χ2v) is 11.6. The molecule has 1 aromatic heterocycles. The first kappa shape index (κ1) is 27.8. The fourth-order valence-corrected chi connectivity index (χ4v) is 5.44. The number of nitrogens with zero attached hydrogens (tertiary/aromatic N) is 1. The molecule has 1 unspecified atom stereocenters. The van der Waals surface area contributed by atoms with Gasteiger partial charge in [-0.3, -0.25) is 4.79 Å². The molecule has 4 nitrogen and oxygen atoms in total. The summed E-state index contributed by atoms with van der Waals surface area (Å²) in [4.78, 5) is 17.4. The summed E-state index contributed by atoms with van der Waals surface area (Å²) in [6, 6.07) is 0. The lowest BCUT2D eigenvalue weighted by Crippen LogP contribution is -2.34. The lowest BCUT2D eigenvalue weighted by molar-refractivity contribution is -0.150. The van der Waals surface area contributed by atoms with E-state index >= 15 is 0 Å². The van der Waals surface area contributed by atoms with E-state index in [1.807, 2.05) is 25.3 Å². The fourth-order valence-electron chi connectivity index (χ4n) is 4.87. The smallest absolute Gasteiger partial charge is 0.309 e. The highest BCUT2D eigenvalue weighted by molar-refractivity contribution is 7.09. The normalized spacial score (nSPS) is 35.5. The van der Waals surface area contributed by atoms with Gasteiger partial charge in [-0.15, -0.1) is 11.3 Å². The minimum Gasteiger partial charge on any atom is -0.457 e. The summed E-state index contributed by atoms with van der Waals surface area (Å²) in [6.07, 6.45) is 7.31. The van der Waals surface area contributed by atoms with Crippen molar-refractivity contribution in [2.45, 2.75) is 99.7 Å². The Morgan fingerprint density at radius 1 is 1.12 bits per heavy atom. The number of aliphatic hydroxyl groups is 1. The van der Waals surface area contributed by atoms with Crippen LogP contribution in [0.15, 0.2) is 22.6 Å². The number of aliphatic hydroxyl groups excluding tert-OH is 1. The summed E-state index contributed by atoms with van der Waals surface area (Å²) in [6.45, 7) is 17.4. The molecule has 2 heterocycles. The molecule has 5 heteroatoms.